The molecule has 0 heterocycles. The van der Waals surface area contributed by atoms with Crippen molar-refractivity contribution in [1.82, 2.24) is 0 Å². The monoisotopic (exact) mass is 394 g/mol. The van der Waals surface area contributed by atoms with E-state index in [0.717, 1.165) is 12.8 Å². The first-order valence-corrected chi connectivity index (χ1v) is 12.4. The zero-order chi connectivity index (χ0) is 20.4. The molecule has 1 atom stereocenters. The quantitative estimate of drug-likeness (QED) is 0.276. The van der Waals surface area contributed by atoms with Gasteiger partial charge in [0.25, 0.3) is 0 Å². The van der Waals surface area contributed by atoms with Gasteiger partial charge < -0.3 is 23.7 Å². The minimum atomic E-state index is -1.57. The molecule has 1 aromatic rings. The molecule has 0 N–H and O–H groups in total. The molecule has 1 rings (SSSR count). The standard InChI is InChI=1S/C20H30O6Si/c1-8-9-10-15(11-12-27(5,6)7)25-20(21)26-19-17(23-3)13-16(22-2)14-18(19)24-4/h13-15H,8-10H2,1-7H3/t15-/m1/s1. The van der Waals surface area contributed by atoms with Gasteiger partial charge in [0.2, 0.25) is 5.75 Å². The summed E-state index contributed by atoms with van der Waals surface area (Å²) in [5, 5.41) is 0. The van der Waals surface area contributed by atoms with Crippen LogP contribution in [0.2, 0.25) is 19.6 Å². The third-order valence-corrected chi connectivity index (χ3v) is 4.42. The molecule has 7 heteroatoms. The first kappa shape index (κ1) is 22.7. The highest BCUT2D eigenvalue weighted by Gasteiger charge is 2.21. The third-order valence-electron chi connectivity index (χ3n) is 3.52. The normalized spacial score (nSPS) is 11.7. The Balaban J connectivity index is 2.99. The fourth-order valence-electron chi connectivity index (χ4n) is 2.14. The largest absolute Gasteiger partial charge is 0.515 e. The van der Waals surface area contributed by atoms with Crippen LogP contribution in [0.4, 0.5) is 4.79 Å². The van der Waals surface area contributed by atoms with E-state index in [4.69, 9.17) is 23.7 Å². The van der Waals surface area contributed by atoms with Gasteiger partial charge in [-0.05, 0) is 12.8 Å². The van der Waals surface area contributed by atoms with Gasteiger partial charge in [0.1, 0.15) is 13.8 Å². The van der Waals surface area contributed by atoms with Gasteiger partial charge in [0.15, 0.2) is 17.6 Å². The average Bonchev–Trinajstić information content (AvgIpc) is 2.63. The lowest BCUT2D eigenvalue weighted by atomic mass is 10.2. The maximum Gasteiger partial charge on any atom is 0.515 e. The average molecular weight is 395 g/mol. The summed E-state index contributed by atoms with van der Waals surface area (Å²) in [5.74, 6) is 4.36. The molecule has 0 bridgehead atoms. The highest BCUT2D eigenvalue weighted by molar-refractivity contribution is 6.83. The van der Waals surface area contributed by atoms with Crippen LogP contribution in [-0.2, 0) is 4.74 Å². The Morgan fingerprint density at radius 2 is 1.67 bits per heavy atom. The highest BCUT2D eigenvalue weighted by Crippen LogP contribution is 2.41. The van der Waals surface area contributed by atoms with Gasteiger partial charge in [-0.15, -0.1) is 5.54 Å². The van der Waals surface area contributed by atoms with E-state index in [-0.39, 0.29) is 5.75 Å². The zero-order valence-electron chi connectivity index (χ0n) is 17.3. The van der Waals surface area contributed by atoms with Gasteiger partial charge in [0, 0.05) is 12.1 Å². The summed E-state index contributed by atoms with van der Waals surface area (Å²) in [7, 11) is 2.89. The molecule has 0 aliphatic heterocycles. The van der Waals surface area contributed by atoms with E-state index < -0.39 is 20.3 Å². The van der Waals surface area contributed by atoms with Crippen LogP contribution in [0.3, 0.4) is 0 Å². The van der Waals surface area contributed by atoms with Gasteiger partial charge >= 0.3 is 6.16 Å². The maximum absolute atomic E-state index is 12.4. The fourth-order valence-corrected chi connectivity index (χ4v) is 2.74. The fraction of sp³-hybridized carbons (Fsp3) is 0.550. The number of carbonyl (C=O) groups is 1. The molecule has 1 aromatic carbocycles. The van der Waals surface area contributed by atoms with E-state index in [1.165, 1.54) is 21.3 Å². The lowest BCUT2D eigenvalue weighted by molar-refractivity contribution is 0.0737. The summed E-state index contributed by atoms with van der Waals surface area (Å²) in [5.41, 5.74) is 3.25. The van der Waals surface area contributed by atoms with Gasteiger partial charge in [0.05, 0.1) is 21.3 Å². The third kappa shape index (κ3) is 7.83. The number of unbranched alkanes of at least 4 members (excludes halogenated alkanes) is 1. The van der Waals surface area contributed by atoms with Crippen LogP contribution in [-0.4, -0.2) is 41.7 Å². The molecule has 0 aromatic heterocycles. The first-order valence-electron chi connectivity index (χ1n) is 8.95. The summed E-state index contributed by atoms with van der Waals surface area (Å²) in [6, 6.07) is 3.20. The number of rotatable bonds is 8. The topological polar surface area (TPSA) is 63.2 Å². The van der Waals surface area contributed by atoms with Crippen LogP contribution in [0.1, 0.15) is 26.2 Å². The van der Waals surface area contributed by atoms with Crippen molar-refractivity contribution in [3.8, 4) is 34.5 Å². The van der Waals surface area contributed by atoms with E-state index in [1.54, 1.807) is 12.1 Å². The number of hydrogen-bond acceptors (Lipinski definition) is 6. The summed E-state index contributed by atoms with van der Waals surface area (Å²) in [6.45, 7) is 8.50. The van der Waals surface area contributed by atoms with E-state index in [0.29, 0.717) is 23.7 Å². The summed E-state index contributed by atoms with van der Waals surface area (Å²) in [6.07, 6.45) is 1.22. The van der Waals surface area contributed by atoms with Gasteiger partial charge in [-0.3, -0.25) is 0 Å². The van der Waals surface area contributed by atoms with E-state index in [2.05, 4.69) is 38.0 Å². The second-order valence-electron chi connectivity index (χ2n) is 6.98. The summed E-state index contributed by atoms with van der Waals surface area (Å²) in [4.78, 5) is 12.4. The molecule has 0 spiro atoms. The van der Waals surface area contributed by atoms with Crippen molar-refractivity contribution in [3.63, 3.8) is 0 Å². The van der Waals surface area contributed by atoms with Crippen LogP contribution < -0.4 is 18.9 Å². The van der Waals surface area contributed by atoms with Gasteiger partial charge in [-0.2, -0.15) is 0 Å². The van der Waals surface area contributed by atoms with Crippen LogP contribution in [0.25, 0.3) is 0 Å². The molecule has 27 heavy (non-hydrogen) atoms. The van der Waals surface area contributed by atoms with Crippen LogP contribution in [0, 0.1) is 11.5 Å². The van der Waals surface area contributed by atoms with E-state index in [1.807, 2.05) is 0 Å². The molecule has 6 nitrogen and oxygen atoms in total. The Morgan fingerprint density at radius 3 is 2.11 bits per heavy atom. The number of benzene rings is 1. The van der Waals surface area contributed by atoms with Crippen molar-refractivity contribution in [2.75, 3.05) is 21.3 Å². The summed E-state index contributed by atoms with van der Waals surface area (Å²) < 4.78 is 26.6. The van der Waals surface area contributed by atoms with Crippen molar-refractivity contribution in [1.29, 1.82) is 0 Å². The molecule has 150 valence electrons. The highest BCUT2D eigenvalue weighted by atomic mass is 28.3. The molecule has 0 saturated carbocycles. The predicted molar refractivity (Wildman–Crippen MR) is 108 cm³/mol. The second kappa shape index (κ2) is 10.7. The smallest absolute Gasteiger partial charge is 0.496 e. The Hall–Kier alpha value is -2.33. The van der Waals surface area contributed by atoms with Crippen LogP contribution >= 0.6 is 0 Å². The molecule has 0 fully saturated rings. The SMILES string of the molecule is CCCC[C@H](C#C[Si](C)(C)C)OC(=O)Oc1c(OC)cc(OC)cc1OC. The molecular weight excluding hydrogens is 364 g/mol. The molecule has 0 unspecified atom stereocenters. The number of ether oxygens (including phenoxy) is 5. The Bertz CT molecular complexity index is 659. The second-order valence-corrected chi connectivity index (χ2v) is 11.7. The Labute approximate surface area is 163 Å². The van der Waals surface area contributed by atoms with Crippen LogP contribution in [0.15, 0.2) is 12.1 Å². The van der Waals surface area contributed by atoms with Crippen molar-refractivity contribution >= 4 is 14.2 Å². The van der Waals surface area contributed by atoms with Crippen molar-refractivity contribution < 1.29 is 28.5 Å². The van der Waals surface area contributed by atoms with Gasteiger partial charge in [-0.1, -0.05) is 38.9 Å². The zero-order valence-corrected chi connectivity index (χ0v) is 18.3. The maximum atomic E-state index is 12.4. The number of hydrogen-bond donors (Lipinski definition) is 0. The predicted octanol–water partition coefficient (Wildman–Crippen LogP) is 4.67. The van der Waals surface area contributed by atoms with Crippen LogP contribution in [0.5, 0.6) is 23.0 Å². The minimum Gasteiger partial charge on any atom is -0.496 e. The Morgan fingerprint density at radius 1 is 1.07 bits per heavy atom. The van der Waals surface area contributed by atoms with Gasteiger partial charge in [-0.25, -0.2) is 4.79 Å². The first-order chi connectivity index (χ1) is 12.7. The Kier molecular flexibility index (Phi) is 9.02. The number of carbonyl (C=O) groups excluding carboxylic acids is 1. The van der Waals surface area contributed by atoms with Crippen molar-refractivity contribution in [3.05, 3.63) is 12.1 Å². The molecule has 0 amide bonds. The molecular formula is C20H30O6Si. The minimum absolute atomic E-state index is 0.137. The number of methoxy groups -OCH3 is 3. The summed E-state index contributed by atoms with van der Waals surface area (Å²) >= 11 is 0. The molecule has 0 saturated heterocycles. The lowest BCUT2D eigenvalue weighted by Crippen LogP contribution is -2.22. The molecule has 0 aliphatic carbocycles. The van der Waals surface area contributed by atoms with E-state index in [9.17, 15) is 4.79 Å². The van der Waals surface area contributed by atoms with Crippen molar-refractivity contribution in [2.45, 2.75) is 51.9 Å². The lowest BCUT2D eigenvalue weighted by Gasteiger charge is -2.16. The van der Waals surface area contributed by atoms with Crippen molar-refractivity contribution in [2.24, 2.45) is 0 Å². The van der Waals surface area contributed by atoms with E-state index >= 15 is 0 Å². The molecule has 0 radical (unpaired) electrons. The molecule has 0 aliphatic rings.